The number of anilines is 2. The molecule has 1 atom stereocenters. The first kappa shape index (κ1) is 20.0. The Kier molecular flexibility index (Phi) is 7.27. The van der Waals surface area contributed by atoms with Crippen molar-refractivity contribution in [1.82, 2.24) is 0 Å². The lowest BCUT2D eigenvalue weighted by Gasteiger charge is -2.18. The van der Waals surface area contributed by atoms with E-state index in [0.717, 1.165) is 33.8 Å². The first-order valence-corrected chi connectivity index (χ1v) is 9.76. The number of hydrogen-bond donors (Lipinski definition) is 2. The van der Waals surface area contributed by atoms with Gasteiger partial charge in [-0.2, -0.15) is 0 Å². The maximum absolute atomic E-state index is 12.8. The maximum Gasteiger partial charge on any atom is 0.237 e. The van der Waals surface area contributed by atoms with E-state index in [1.807, 2.05) is 56.3 Å². The molecule has 1 unspecified atom stereocenters. The van der Waals surface area contributed by atoms with E-state index in [2.05, 4.69) is 17.6 Å². The Bertz CT molecular complexity index is 789. The van der Waals surface area contributed by atoms with Crippen molar-refractivity contribution in [3.63, 3.8) is 0 Å². The summed E-state index contributed by atoms with van der Waals surface area (Å²) < 4.78 is 0. The van der Waals surface area contributed by atoms with Crippen LogP contribution in [0.4, 0.5) is 11.4 Å². The van der Waals surface area contributed by atoms with Crippen molar-refractivity contribution in [2.75, 3.05) is 10.6 Å². The SMILES string of the molecule is CCc1cccc(C)c1NC(=O)C(CC)Sc1cccc(NC(C)=O)c1. The molecule has 0 saturated carbocycles. The van der Waals surface area contributed by atoms with Gasteiger partial charge in [0.2, 0.25) is 11.8 Å². The van der Waals surface area contributed by atoms with E-state index in [0.29, 0.717) is 6.42 Å². The Hall–Kier alpha value is -2.27. The lowest BCUT2D eigenvalue weighted by Crippen LogP contribution is -2.25. The van der Waals surface area contributed by atoms with Crippen LogP contribution in [0.25, 0.3) is 0 Å². The van der Waals surface area contributed by atoms with Crippen molar-refractivity contribution in [3.8, 4) is 0 Å². The average molecular weight is 371 g/mol. The van der Waals surface area contributed by atoms with E-state index in [-0.39, 0.29) is 17.1 Å². The van der Waals surface area contributed by atoms with Crippen molar-refractivity contribution in [2.24, 2.45) is 0 Å². The minimum atomic E-state index is -0.202. The standard InChI is InChI=1S/C21H26N2O2S/c1-5-16-10-7-9-14(3)20(16)23-21(25)19(6-2)26-18-12-8-11-17(13-18)22-15(4)24/h7-13,19H,5-6H2,1-4H3,(H,22,24)(H,23,25). The predicted molar refractivity (Wildman–Crippen MR) is 110 cm³/mol. The zero-order valence-electron chi connectivity index (χ0n) is 15.8. The van der Waals surface area contributed by atoms with Gasteiger partial charge in [-0.15, -0.1) is 11.8 Å². The summed E-state index contributed by atoms with van der Waals surface area (Å²) in [6.07, 6.45) is 1.59. The number of amides is 2. The first-order chi connectivity index (χ1) is 12.4. The van der Waals surface area contributed by atoms with Crippen LogP contribution in [-0.2, 0) is 16.0 Å². The molecule has 0 aliphatic carbocycles. The zero-order valence-corrected chi connectivity index (χ0v) is 16.6. The van der Waals surface area contributed by atoms with Crippen LogP contribution in [0, 0.1) is 6.92 Å². The van der Waals surface area contributed by atoms with E-state index in [1.165, 1.54) is 18.7 Å². The summed E-state index contributed by atoms with van der Waals surface area (Å²) in [5, 5.41) is 5.69. The van der Waals surface area contributed by atoms with Gasteiger partial charge in [-0.3, -0.25) is 9.59 Å². The van der Waals surface area contributed by atoms with Crippen LogP contribution in [0.15, 0.2) is 47.4 Å². The van der Waals surface area contributed by atoms with Gasteiger partial charge >= 0.3 is 0 Å². The highest BCUT2D eigenvalue weighted by atomic mass is 32.2. The van der Waals surface area contributed by atoms with Crippen molar-refractivity contribution in [2.45, 2.75) is 50.7 Å². The molecular formula is C21H26N2O2S. The Balaban J connectivity index is 2.14. The third-order valence-electron chi connectivity index (χ3n) is 4.08. The molecule has 5 heteroatoms. The van der Waals surface area contributed by atoms with Gasteiger partial charge in [-0.05, 0) is 49.1 Å². The summed E-state index contributed by atoms with van der Waals surface area (Å²) in [5.41, 5.74) is 3.88. The Morgan fingerprint density at radius 1 is 1.08 bits per heavy atom. The van der Waals surface area contributed by atoms with Crippen molar-refractivity contribution < 1.29 is 9.59 Å². The number of carbonyl (C=O) groups is 2. The van der Waals surface area contributed by atoms with Crippen molar-refractivity contribution in [3.05, 3.63) is 53.6 Å². The average Bonchev–Trinajstić information content (AvgIpc) is 2.61. The van der Waals surface area contributed by atoms with Crippen molar-refractivity contribution in [1.29, 1.82) is 0 Å². The summed E-state index contributed by atoms with van der Waals surface area (Å²) in [5.74, 6) is -0.102. The smallest absolute Gasteiger partial charge is 0.237 e. The first-order valence-electron chi connectivity index (χ1n) is 8.88. The van der Waals surface area contributed by atoms with Crippen LogP contribution >= 0.6 is 11.8 Å². The highest BCUT2D eigenvalue weighted by Crippen LogP contribution is 2.29. The quantitative estimate of drug-likeness (QED) is 0.673. The van der Waals surface area contributed by atoms with E-state index < -0.39 is 0 Å². The summed E-state index contributed by atoms with van der Waals surface area (Å²) in [6, 6.07) is 13.7. The van der Waals surface area contributed by atoms with Crippen LogP contribution in [0.1, 0.15) is 38.3 Å². The molecule has 26 heavy (non-hydrogen) atoms. The van der Waals surface area contributed by atoms with E-state index in [4.69, 9.17) is 0 Å². The molecule has 2 amide bonds. The number of nitrogens with one attached hydrogen (secondary N) is 2. The number of aryl methyl sites for hydroxylation is 2. The fourth-order valence-corrected chi connectivity index (χ4v) is 3.76. The fraction of sp³-hybridized carbons (Fsp3) is 0.333. The Labute approximate surface area is 159 Å². The number of carbonyl (C=O) groups excluding carboxylic acids is 2. The monoisotopic (exact) mass is 370 g/mol. The van der Waals surface area contributed by atoms with Gasteiger partial charge < -0.3 is 10.6 Å². The third-order valence-corrected chi connectivity index (χ3v) is 5.44. The Morgan fingerprint density at radius 2 is 1.81 bits per heavy atom. The number of hydrogen-bond acceptors (Lipinski definition) is 3. The summed E-state index contributed by atoms with van der Waals surface area (Å²) in [6.45, 7) is 7.59. The molecule has 0 aliphatic rings. The van der Waals surface area contributed by atoms with Gasteiger partial charge in [0.05, 0.1) is 5.25 Å². The van der Waals surface area contributed by atoms with Gasteiger partial charge in [-0.1, -0.05) is 38.1 Å². The largest absolute Gasteiger partial charge is 0.326 e. The maximum atomic E-state index is 12.8. The van der Waals surface area contributed by atoms with E-state index >= 15 is 0 Å². The molecule has 0 saturated heterocycles. The number of rotatable bonds is 7. The van der Waals surface area contributed by atoms with Crippen LogP contribution in [0.2, 0.25) is 0 Å². The lowest BCUT2D eigenvalue weighted by atomic mass is 10.1. The van der Waals surface area contributed by atoms with E-state index in [9.17, 15) is 9.59 Å². The molecule has 0 bridgehead atoms. The second kappa shape index (κ2) is 9.43. The van der Waals surface area contributed by atoms with Crippen molar-refractivity contribution >= 4 is 35.0 Å². The predicted octanol–water partition coefficient (Wildman–Crippen LogP) is 5.03. The molecule has 0 fully saturated rings. The molecule has 0 radical (unpaired) electrons. The molecule has 2 rings (SSSR count). The molecule has 0 spiro atoms. The molecule has 2 aromatic carbocycles. The van der Waals surface area contributed by atoms with Crippen LogP contribution < -0.4 is 10.6 Å². The normalized spacial score (nSPS) is 11.7. The van der Waals surface area contributed by atoms with Crippen LogP contribution in [0.3, 0.4) is 0 Å². The molecule has 2 N–H and O–H groups in total. The molecule has 138 valence electrons. The minimum Gasteiger partial charge on any atom is -0.326 e. The van der Waals surface area contributed by atoms with Gasteiger partial charge in [0, 0.05) is 23.2 Å². The Morgan fingerprint density at radius 3 is 2.46 bits per heavy atom. The molecular weight excluding hydrogens is 344 g/mol. The molecule has 0 aliphatic heterocycles. The lowest BCUT2D eigenvalue weighted by molar-refractivity contribution is -0.116. The zero-order chi connectivity index (χ0) is 19.1. The van der Waals surface area contributed by atoms with E-state index in [1.54, 1.807) is 0 Å². The highest BCUT2D eigenvalue weighted by Gasteiger charge is 2.20. The van der Waals surface area contributed by atoms with Gasteiger partial charge in [0.25, 0.3) is 0 Å². The molecule has 4 nitrogen and oxygen atoms in total. The summed E-state index contributed by atoms with van der Waals surface area (Å²) in [7, 11) is 0. The molecule has 0 aromatic heterocycles. The number of benzene rings is 2. The second-order valence-electron chi connectivity index (χ2n) is 6.18. The second-order valence-corrected chi connectivity index (χ2v) is 7.45. The van der Waals surface area contributed by atoms with Crippen LogP contribution in [-0.4, -0.2) is 17.1 Å². The minimum absolute atomic E-state index is 0.00595. The van der Waals surface area contributed by atoms with Gasteiger partial charge in [0.1, 0.15) is 0 Å². The number of thioether (sulfide) groups is 1. The summed E-state index contributed by atoms with van der Waals surface area (Å²) in [4.78, 5) is 25.0. The van der Waals surface area contributed by atoms with Gasteiger partial charge in [0.15, 0.2) is 0 Å². The topological polar surface area (TPSA) is 58.2 Å². The highest BCUT2D eigenvalue weighted by molar-refractivity contribution is 8.00. The molecule has 0 heterocycles. The third kappa shape index (κ3) is 5.36. The summed E-state index contributed by atoms with van der Waals surface area (Å²) >= 11 is 1.51. The number of para-hydroxylation sites is 1. The van der Waals surface area contributed by atoms with Crippen LogP contribution in [0.5, 0.6) is 0 Å². The fourth-order valence-electron chi connectivity index (χ4n) is 2.74. The van der Waals surface area contributed by atoms with Gasteiger partial charge in [-0.25, -0.2) is 0 Å². The molecule has 2 aromatic rings.